The number of hydrogen-bond acceptors (Lipinski definition) is 2. The van der Waals surface area contributed by atoms with Crippen molar-refractivity contribution in [1.82, 2.24) is 14.8 Å². The number of rotatable bonds is 2. The van der Waals surface area contributed by atoms with Crippen LogP contribution in [0.3, 0.4) is 0 Å². The SMILES string of the molecule is CC1CCC(N2CC(=O)N3C(c4ccccc4)c4[nH]c5ccccc5c4C[C@H]3C2=O)CC1. The fourth-order valence-electron chi connectivity index (χ4n) is 6.13. The van der Waals surface area contributed by atoms with E-state index in [9.17, 15) is 9.59 Å². The third kappa shape index (κ3) is 2.98. The minimum absolute atomic E-state index is 0.0615. The van der Waals surface area contributed by atoms with Crippen LogP contribution in [0.2, 0.25) is 0 Å². The van der Waals surface area contributed by atoms with E-state index in [0.717, 1.165) is 47.8 Å². The monoisotopic (exact) mass is 427 g/mol. The van der Waals surface area contributed by atoms with Crippen LogP contribution in [0, 0.1) is 5.92 Å². The van der Waals surface area contributed by atoms with Gasteiger partial charge in [0, 0.05) is 29.1 Å². The molecule has 2 aliphatic heterocycles. The summed E-state index contributed by atoms with van der Waals surface area (Å²) in [6.07, 6.45) is 4.86. The maximum Gasteiger partial charge on any atom is 0.246 e. The van der Waals surface area contributed by atoms with Gasteiger partial charge in [0.1, 0.15) is 12.6 Å². The number of carbonyl (C=O) groups is 2. The Bertz CT molecular complexity index is 1180. The van der Waals surface area contributed by atoms with Gasteiger partial charge in [-0.3, -0.25) is 9.59 Å². The van der Waals surface area contributed by atoms with Gasteiger partial charge in [-0.15, -0.1) is 0 Å². The smallest absolute Gasteiger partial charge is 0.246 e. The van der Waals surface area contributed by atoms with E-state index in [1.54, 1.807) is 0 Å². The molecule has 3 aromatic rings. The highest BCUT2D eigenvalue weighted by atomic mass is 16.2. The second-order valence-electron chi connectivity index (χ2n) is 9.78. The number of carbonyl (C=O) groups excluding carboxylic acids is 2. The molecular formula is C27H29N3O2. The number of benzene rings is 2. The lowest BCUT2D eigenvalue weighted by molar-refractivity contribution is -0.161. The number of aromatic nitrogens is 1. The number of fused-ring (bicyclic) bond motifs is 4. The fourth-order valence-corrected chi connectivity index (χ4v) is 6.13. The summed E-state index contributed by atoms with van der Waals surface area (Å²) >= 11 is 0. The van der Waals surface area contributed by atoms with Gasteiger partial charge in [-0.2, -0.15) is 0 Å². The van der Waals surface area contributed by atoms with Crippen LogP contribution in [0.5, 0.6) is 0 Å². The summed E-state index contributed by atoms with van der Waals surface area (Å²) in [6, 6.07) is 17.9. The van der Waals surface area contributed by atoms with E-state index in [1.165, 1.54) is 5.56 Å². The molecule has 0 radical (unpaired) electrons. The van der Waals surface area contributed by atoms with E-state index in [1.807, 2.05) is 40.1 Å². The Balaban J connectivity index is 1.45. The van der Waals surface area contributed by atoms with Crippen molar-refractivity contribution >= 4 is 22.7 Å². The average molecular weight is 428 g/mol. The third-order valence-corrected chi connectivity index (χ3v) is 7.83. The molecule has 0 bridgehead atoms. The summed E-state index contributed by atoms with van der Waals surface area (Å²) in [5.41, 5.74) is 4.34. The maximum absolute atomic E-state index is 13.9. The molecule has 0 spiro atoms. The quantitative estimate of drug-likeness (QED) is 0.658. The van der Waals surface area contributed by atoms with Crippen molar-refractivity contribution in [3.05, 3.63) is 71.4 Å². The molecule has 6 rings (SSSR count). The Kier molecular flexibility index (Phi) is 4.60. The number of nitrogens with one attached hydrogen (secondary N) is 1. The lowest BCUT2D eigenvalue weighted by Gasteiger charge is -2.49. The van der Waals surface area contributed by atoms with Crippen molar-refractivity contribution in [1.29, 1.82) is 0 Å². The lowest BCUT2D eigenvalue weighted by Crippen LogP contribution is -2.65. The Morgan fingerprint density at radius 3 is 2.41 bits per heavy atom. The molecule has 32 heavy (non-hydrogen) atoms. The highest BCUT2D eigenvalue weighted by Crippen LogP contribution is 2.43. The van der Waals surface area contributed by atoms with Gasteiger partial charge in [-0.25, -0.2) is 0 Å². The molecule has 2 aromatic carbocycles. The number of amides is 2. The van der Waals surface area contributed by atoms with Crippen LogP contribution in [-0.2, 0) is 16.0 Å². The molecule has 3 aliphatic rings. The lowest BCUT2D eigenvalue weighted by atomic mass is 9.83. The van der Waals surface area contributed by atoms with Gasteiger partial charge in [-0.05, 0) is 48.8 Å². The molecule has 1 saturated carbocycles. The van der Waals surface area contributed by atoms with E-state index in [4.69, 9.17) is 0 Å². The summed E-state index contributed by atoms with van der Waals surface area (Å²) in [6.45, 7) is 2.48. The Morgan fingerprint density at radius 1 is 0.906 bits per heavy atom. The van der Waals surface area contributed by atoms with Crippen molar-refractivity contribution in [3.63, 3.8) is 0 Å². The largest absolute Gasteiger partial charge is 0.356 e. The minimum Gasteiger partial charge on any atom is -0.356 e. The summed E-state index contributed by atoms with van der Waals surface area (Å²) in [7, 11) is 0. The fraction of sp³-hybridized carbons (Fsp3) is 0.407. The van der Waals surface area contributed by atoms with Crippen molar-refractivity contribution in [2.75, 3.05) is 6.54 Å². The predicted molar refractivity (Wildman–Crippen MR) is 124 cm³/mol. The zero-order chi connectivity index (χ0) is 21.8. The summed E-state index contributed by atoms with van der Waals surface area (Å²) in [4.78, 5) is 34.9. The Hall–Kier alpha value is -3.08. The van der Waals surface area contributed by atoms with Gasteiger partial charge in [0.15, 0.2) is 0 Å². The molecule has 5 heteroatoms. The normalized spacial score (nSPS) is 28.0. The summed E-state index contributed by atoms with van der Waals surface area (Å²) < 4.78 is 0. The van der Waals surface area contributed by atoms with E-state index in [2.05, 4.69) is 36.2 Å². The van der Waals surface area contributed by atoms with Crippen LogP contribution in [0.4, 0.5) is 0 Å². The van der Waals surface area contributed by atoms with Gasteiger partial charge >= 0.3 is 0 Å². The third-order valence-electron chi connectivity index (χ3n) is 7.83. The van der Waals surface area contributed by atoms with Crippen molar-refractivity contribution in [2.24, 2.45) is 5.92 Å². The first-order chi connectivity index (χ1) is 15.6. The molecule has 2 amide bonds. The van der Waals surface area contributed by atoms with E-state index in [0.29, 0.717) is 12.3 Å². The molecule has 1 N–H and O–H groups in total. The van der Waals surface area contributed by atoms with Gasteiger partial charge in [0.2, 0.25) is 11.8 Å². The van der Waals surface area contributed by atoms with Crippen LogP contribution in [0.15, 0.2) is 54.6 Å². The number of hydrogen-bond donors (Lipinski definition) is 1. The second-order valence-corrected chi connectivity index (χ2v) is 9.78. The number of aromatic amines is 1. The van der Waals surface area contributed by atoms with E-state index >= 15 is 0 Å². The first-order valence-electron chi connectivity index (χ1n) is 11.9. The molecule has 1 saturated heterocycles. The molecule has 1 aliphatic carbocycles. The molecule has 2 fully saturated rings. The topological polar surface area (TPSA) is 56.4 Å². The predicted octanol–water partition coefficient (Wildman–Crippen LogP) is 4.43. The summed E-state index contributed by atoms with van der Waals surface area (Å²) in [5, 5.41) is 1.16. The van der Waals surface area contributed by atoms with Crippen LogP contribution >= 0.6 is 0 Å². The van der Waals surface area contributed by atoms with Crippen molar-refractivity contribution in [2.45, 2.75) is 57.2 Å². The van der Waals surface area contributed by atoms with Gasteiger partial charge in [-0.1, -0.05) is 55.5 Å². The number of nitrogens with zero attached hydrogens (tertiary/aromatic N) is 2. The van der Waals surface area contributed by atoms with Crippen molar-refractivity contribution < 1.29 is 9.59 Å². The molecule has 1 unspecified atom stereocenters. The Morgan fingerprint density at radius 2 is 1.62 bits per heavy atom. The summed E-state index contributed by atoms with van der Waals surface area (Å²) in [5.74, 6) is 0.900. The molecule has 3 heterocycles. The highest BCUT2D eigenvalue weighted by Gasteiger charge is 2.49. The van der Waals surface area contributed by atoms with Gasteiger partial charge in [0.25, 0.3) is 0 Å². The van der Waals surface area contributed by atoms with Crippen molar-refractivity contribution in [3.8, 4) is 0 Å². The van der Waals surface area contributed by atoms with Crippen LogP contribution in [0.25, 0.3) is 10.9 Å². The van der Waals surface area contributed by atoms with Crippen LogP contribution in [-0.4, -0.2) is 45.2 Å². The number of H-pyrrole nitrogens is 1. The Labute approximate surface area is 188 Å². The molecule has 1 aromatic heterocycles. The zero-order valence-corrected chi connectivity index (χ0v) is 18.5. The standard InChI is InChI=1S/C27H29N3O2/c1-17-11-13-19(14-12-17)29-16-24(31)30-23(27(29)32)15-21-20-9-5-6-10-22(20)28-25(21)26(30)18-7-3-2-4-8-18/h2-10,17,19,23,26,28H,11-16H2,1H3/t17?,19?,23-,26?/m0/s1. The average Bonchev–Trinajstić information content (AvgIpc) is 3.20. The van der Waals surface area contributed by atoms with Gasteiger partial charge in [0.05, 0.1) is 6.04 Å². The molecule has 5 nitrogen and oxygen atoms in total. The van der Waals surface area contributed by atoms with Gasteiger partial charge < -0.3 is 14.8 Å². The minimum atomic E-state index is -0.437. The number of piperazine rings is 1. The maximum atomic E-state index is 13.9. The molecule has 164 valence electrons. The first kappa shape index (κ1) is 19.6. The van der Waals surface area contributed by atoms with Crippen LogP contribution < -0.4 is 0 Å². The second kappa shape index (κ2) is 7.51. The van der Waals surface area contributed by atoms with Crippen LogP contribution in [0.1, 0.15) is 55.5 Å². The molecule has 2 atom stereocenters. The highest BCUT2D eigenvalue weighted by molar-refractivity contribution is 5.97. The van der Waals surface area contributed by atoms with E-state index < -0.39 is 6.04 Å². The molecular weight excluding hydrogens is 398 g/mol. The zero-order valence-electron chi connectivity index (χ0n) is 18.5. The first-order valence-corrected chi connectivity index (χ1v) is 11.9. The number of para-hydroxylation sites is 1. The van der Waals surface area contributed by atoms with E-state index in [-0.39, 0.29) is 30.4 Å².